The van der Waals surface area contributed by atoms with Gasteiger partial charge in [-0.05, 0) is 65.2 Å². The number of hydrogen-bond acceptors (Lipinski definition) is 11. The second kappa shape index (κ2) is 16.2. The van der Waals surface area contributed by atoms with Gasteiger partial charge in [0.25, 0.3) is 0 Å². The number of esters is 2. The fraction of sp³-hybridized carbons (Fsp3) is 0.833. The van der Waals surface area contributed by atoms with Crippen LogP contribution in [0.5, 0.6) is 0 Å². The van der Waals surface area contributed by atoms with Gasteiger partial charge in [0.2, 0.25) is 0 Å². The van der Waals surface area contributed by atoms with E-state index < -0.39 is 36.5 Å². The Hall–Kier alpha value is -2.56. The van der Waals surface area contributed by atoms with Gasteiger partial charge in [0, 0.05) is 0 Å². The number of hydrogen-bond donors (Lipinski definition) is 0. The number of rotatable bonds is 12. The van der Waals surface area contributed by atoms with E-state index in [0.29, 0.717) is 0 Å². The van der Waals surface area contributed by atoms with Gasteiger partial charge in [-0.1, -0.05) is 12.8 Å². The van der Waals surface area contributed by atoms with E-state index in [9.17, 15) is 19.2 Å². The first-order valence-electron chi connectivity index (χ1n) is 12.5. The Kier molecular flexibility index (Phi) is 13.3. The quantitative estimate of drug-likeness (QED) is 0.219. The molecule has 2 fully saturated rings. The van der Waals surface area contributed by atoms with Crippen LogP contribution in [0.25, 0.3) is 0 Å². The third kappa shape index (κ3) is 12.1. The Morgan fingerprint density at radius 2 is 0.971 bits per heavy atom. The second-order valence-electron chi connectivity index (χ2n) is 8.72. The van der Waals surface area contributed by atoms with Crippen LogP contribution in [0.15, 0.2) is 0 Å². The van der Waals surface area contributed by atoms with Crippen LogP contribution in [0.4, 0.5) is 9.59 Å². The van der Waals surface area contributed by atoms with Crippen LogP contribution in [0.3, 0.4) is 0 Å². The Labute approximate surface area is 206 Å². The highest BCUT2D eigenvalue weighted by Crippen LogP contribution is 2.22. The van der Waals surface area contributed by atoms with Gasteiger partial charge >= 0.3 is 24.2 Å². The van der Waals surface area contributed by atoms with E-state index in [4.69, 9.17) is 33.2 Å². The maximum absolute atomic E-state index is 12.0. The summed E-state index contributed by atoms with van der Waals surface area (Å²) in [5, 5.41) is 0. The summed E-state index contributed by atoms with van der Waals surface area (Å²) in [6.07, 6.45) is 5.31. The number of carbonyl (C=O) groups is 4. The molecule has 0 aliphatic heterocycles. The van der Waals surface area contributed by atoms with Crippen LogP contribution in [0.2, 0.25) is 0 Å². The van der Waals surface area contributed by atoms with E-state index in [1.807, 2.05) is 0 Å². The highest BCUT2D eigenvalue weighted by molar-refractivity contribution is 5.77. The fourth-order valence-corrected chi connectivity index (χ4v) is 3.81. The van der Waals surface area contributed by atoms with Gasteiger partial charge in [-0.15, -0.1) is 0 Å². The molecular formula is C24H38O11. The molecule has 2 aliphatic rings. The molecule has 0 spiro atoms. The minimum absolute atomic E-state index is 0.0263. The average molecular weight is 503 g/mol. The van der Waals surface area contributed by atoms with Gasteiger partial charge in [0.15, 0.2) is 12.2 Å². The molecule has 0 N–H and O–H groups in total. The Bertz CT molecular complexity index is 612. The highest BCUT2D eigenvalue weighted by atomic mass is 16.7. The van der Waals surface area contributed by atoms with Crippen molar-refractivity contribution >= 4 is 24.2 Å². The van der Waals surface area contributed by atoms with Crippen LogP contribution in [0, 0.1) is 0 Å². The molecule has 0 bridgehead atoms. The van der Waals surface area contributed by atoms with E-state index >= 15 is 0 Å². The Balaban J connectivity index is 1.45. The smallest absolute Gasteiger partial charge is 0.460 e. The lowest BCUT2D eigenvalue weighted by Gasteiger charge is -2.23. The summed E-state index contributed by atoms with van der Waals surface area (Å²) >= 11 is 0. The third-order valence-corrected chi connectivity index (χ3v) is 5.78. The van der Waals surface area contributed by atoms with E-state index in [0.717, 1.165) is 64.2 Å². The van der Waals surface area contributed by atoms with Crippen molar-refractivity contribution in [1.82, 2.24) is 0 Å². The summed E-state index contributed by atoms with van der Waals surface area (Å²) in [5.41, 5.74) is 0. The van der Waals surface area contributed by atoms with Gasteiger partial charge in [0.05, 0.1) is 13.2 Å². The van der Waals surface area contributed by atoms with Crippen molar-refractivity contribution in [3.63, 3.8) is 0 Å². The highest BCUT2D eigenvalue weighted by Gasteiger charge is 2.26. The van der Waals surface area contributed by atoms with E-state index in [-0.39, 0.29) is 38.6 Å². The first kappa shape index (κ1) is 28.7. The first-order valence-corrected chi connectivity index (χ1v) is 12.5. The maximum atomic E-state index is 12.0. The topological polar surface area (TPSA) is 133 Å². The van der Waals surface area contributed by atoms with Crippen LogP contribution in [-0.2, 0) is 42.7 Å². The van der Waals surface area contributed by atoms with Gasteiger partial charge in [-0.3, -0.25) is 0 Å². The minimum Gasteiger partial charge on any atom is -0.460 e. The molecule has 0 unspecified atom stereocenters. The molecule has 2 atom stereocenters. The first-order chi connectivity index (χ1) is 16.8. The zero-order valence-electron chi connectivity index (χ0n) is 20.7. The summed E-state index contributed by atoms with van der Waals surface area (Å²) in [6.45, 7) is 2.68. The maximum Gasteiger partial charge on any atom is 0.509 e. The summed E-state index contributed by atoms with van der Waals surface area (Å²) in [5.74, 6) is -1.18. The lowest BCUT2D eigenvalue weighted by atomic mass is 9.98. The van der Waals surface area contributed by atoms with Crippen molar-refractivity contribution in [2.75, 3.05) is 26.4 Å². The molecule has 0 aromatic heterocycles. The minimum atomic E-state index is -1.06. The lowest BCUT2D eigenvalue weighted by Crippen LogP contribution is -2.31. The van der Waals surface area contributed by atoms with Crippen molar-refractivity contribution in [2.45, 2.75) is 102 Å². The molecule has 0 saturated heterocycles. The second-order valence-corrected chi connectivity index (χ2v) is 8.72. The standard InChI is InChI=1S/C24H38O11/c1-17(21(25)34-19-9-5-3-6-10-19)32-23(27)30-15-13-29-14-16-31-24(28)33-18(2)22(26)35-20-11-7-4-8-12-20/h17-20H,3-16H2,1-2H3/t17-,18-/m1/s1. The molecule has 200 valence electrons. The molecule has 11 heteroatoms. The lowest BCUT2D eigenvalue weighted by molar-refractivity contribution is -0.161. The molecule has 35 heavy (non-hydrogen) atoms. The zero-order valence-corrected chi connectivity index (χ0v) is 20.7. The SMILES string of the molecule is C[C@@H](OC(=O)OCCOCCOC(=O)O[C@H](C)C(=O)OC1CCCCC1)C(=O)OC1CCCCC1. The molecule has 2 aliphatic carbocycles. The van der Waals surface area contributed by atoms with Crippen molar-refractivity contribution < 1.29 is 52.3 Å². The van der Waals surface area contributed by atoms with Crippen molar-refractivity contribution in [2.24, 2.45) is 0 Å². The molecule has 2 saturated carbocycles. The van der Waals surface area contributed by atoms with Gasteiger partial charge in [-0.2, -0.15) is 0 Å². The van der Waals surface area contributed by atoms with Crippen molar-refractivity contribution in [3.05, 3.63) is 0 Å². The van der Waals surface area contributed by atoms with Crippen molar-refractivity contribution in [3.8, 4) is 0 Å². The van der Waals surface area contributed by atoms with Crippen LogP contribution >= 0.6 is 0 Å². The summed E-state index contributed by atoms with van der Waals surface area (Å²) in [7, 11) is 0. The summed E-state index contributed by atoms with van der Waals surface area (Å²) in [4.78, 5) is 47.3. The molecule has 0 radical (unpaired) electrons. The Morgan fingerprint density at radius 3 is 1.34 bits per heavy atom. The predicted molar refractivity (Wildman–Crippen MR) is 121 cm³/mol. The number of carbonyl (C=O) groups excluding carboxylic acids is 4. The molecule has 11 nitrogen and oxygen atoms in total. The van der Waals surface area contributed by atoms with Gasteiger partial charge < -0.3 is 33.2 Å². The average Bonchev–Trinajstić information content (AvgIpc) is 2.84. The van der Waals surface area contributed by atoms with E-state index in [1.165, 1.54) is 13.8 Å². The van der Waals surface area contributed by atoms with Crippen molar-refractivity contribution in [1.29, 1.82) is 0 Å². The molecule has 0 amide bonds. The third-order valence-electron chi connectivity index (χ3n) is 5.78. The van der Waals surface area contributed by atoms with Crippen LogP contribution in [-0.4, -0.2) is 75.1 Å². The summed E-state index contributed by atoms with van der Waals surface area (Å²) in [6, 6.07) is 0. The summed E-state index contributed by atoms with van der Waals surface area (Å²) < 4.78 is 35.4. The zero-order chi connectivity index (χ0) is 25.5. The molecule has 0 aromatic carbocycles. The van der Waals surface area contributed by atoms with Crippen LogP contribution < -0.4 is 0 Å². The fourth-order valence-electron chi connectivity index (χ4n) is 3.81. The predicted octanol–water partition coefficient (Wildman–Crippen LogP) is 3.84. The van der Waals surface area contributed by atoms with E-state index in [1.54, 1.807) is 0 Å². The van der Waals surface area contributed by atoms with Gasteiger partial charge in [0.1, 0.15) is 25.4 Å². The normalized spacial score (nSPS) is 18.6. The monoisotopic (exact) mass is 502 g/mol. The largest absolute Gasteiger partial charge is 0.509 e. The Morgan fingerprint density at radius 1 is 0.600 bits per heavy atom. The molecular weight excluding hydrogens is 464 g/mol. The molecule has 0 heterocycles. The number of ether oxygens (including phenoxy) is 7. The van der Waals surface area contributed by atoms with Gasteiger partial charge in [-0.25, -0.2) is 19.2 Å². The van der Waals surface area contributed by atoms with Crippen LogP contribution in [0.1, 0.15) is 78.1 Å². The molecule has 0 aromatic rings. The van der Waals surface area contributed by atoms with E-state index in [2.05, 4.69) is 0 Å². The molecule has 2 rings (SSSR count).